The van der Waals surface area contributed by atoms with Crippen LogP contribution in [0.1, 0.15) is 28.7 Å². The number of nitrogens with zero attached hydrogens (tertiary/aromatic N) is 4. The Morgan fingerprint density at radius 2 is 1.96 bits per heavy atom. The number of carbonyl (C=O) groups is 1. The van der Waals surface area contributed by atoms with Crippen LogP contribution in [0.15, 0.2) is 35.6 Å². The smallest absolute Gasteiger partial charge is 0.251 e. The number of hydrogen-bond acceptors (Lipinski definition) is 4. The summed E-state index contributed by atoms with van der Waals surface area (Å²) in [6.07, 6.45) is 2.59. The van der Waals surface area contributed by atoms with Crippen LogP contribution in [0, 0.1) is 6.92 Å². The van der Waals surface area contributed by atoms with Gasteiger partial charge in [-0.25, -0.2) is 0 Å². The van der Waals surface area contributed by atoms with Crippen LogP contribution in [0.3, 0.4) is 0 Å². The highest BCUT2D eigenvalue weighted by molar-refractivity contribution is 5.94. The highest BCUT2D eigenvalue weighted by atomic mass is 16.1. The number of nitrogens with one attached hydrogen (secondary N) is 3. The number of benzene rings is 1. The fourth-order valence-corrected chi connectivity index (χ4v) is 2.50. The lowest BCUT2D eigenvalue weighted by molar-refractivity contribution is 0.0954. The SMILES string of the molecule is CCc1nncn1CCNC(=NC)NCCNC(=O)c1cccc(C)c1. The van der Waals surface area contributed by atoms with Gasteiger partial charge in [-0.3, -0.25) is 9.79 Å². The van der Waals surface area contributed by atoms with E-state index in [9.17, 15) is 4.79 Å². The van der Waals surface area contributed by atoms with Crippen LogP contribution in [-0.2, 0) is 13.0 Å². The predicted octanol–water partition coefficient (Wildman–Crippen LogP) is 0.744. The fourth-order valence-electron chi connectivity index (χ4n) is 2.50. The highest BCUT2D eigenvalue weighted by Gasteiger charge is 2.05. The van der Waals surface area contributed by atoms with E-state index in [1.54, 1.807) is 13.4 Å². The number of aromatic nitrogens is 3. The zero-order chi connectivity index (χ0) is 18.8. The summed E-state index contributed by atoms with van der Waals surface area (Å²) in [4.78, 5) is 16.3. The Bertz CT molecular complexity index is 739. The first kappa shape index (κ1) is 19.4. The van der Waals surface area contributed by atoms with Gasteiger partial charge >= 0.3 is 0 Å². The van der Waals surface area contributed by atoms with Gasteiger partial charge in [-0.15, -0.1) is 10.2 Å². The molecule has 0 atom stereocenters. The third-order valence-corrected chi connectivity index (χ3v) is 3.86. The van der Waals surface area contributed by atoms with Gasteiger partial charge in [0.25, 0.3) is 5.91 Å². The van der Waals surface area contributed by atoms with Crippen LogP contribution in [0.25, 0.3) is 0 Å². The lowest BCUT2D eigenvalue weighted by Crippen LogP contribution is -2.42. The molecule has 0 aliphatic rings. The molecule has 1 aromatic carbocycles. The maximum absolute atomic E-state index is 12.1. The summed E-state index contributed by atoms with van der Waals surface area (Å²) in [5, 5.41) is 17.3. The van der Waals surface area contributed by atoms with E-state index in [2.05, 4.69) is 38.1 Å². The van der Waals surface area contributed by atoms with Crippen LogP contribution in [0.2, 0.25) is 0 Å². The average Bonchev–Trinajstić information content (AvgIpc) is 3.11. The lowest BCUT2D eigenvalue weighted by Gasteiger charge is -2.13. The fraction of sp³-hybridized carbons (Fsp3) is 0.444. The Balaban J connectivity index is 1.66. The molecule has 1 amide bonds. The second-order valence-electron chi connectivity index (χ2n) is 5.85. The first-order valence-electron chi connectivity index (χ1n) is 8.80. The van der Waals surface area contributed by atoms with Crippen molar-refractivity contribution >= 4 is 11.9 Å². The molecule has 0 spiro atoms. The molecule has 0 aliphatic heterocycles. The monoisotopic (exact) mass is 357 g/mol. The minimum Gasteiger partial charge on any atom is -0.355 e. The third-order valence-electron chi connectivity index (χ3n) is 3.86. The minimum atomic E-state index is -0.0712. The molecule has 0 fully saturated rings. The molecule has 8 heteroatoms. The molecule has 1 aromatic heterocycles. The molecule has 2 rings (SSSR count). The van der Waals surface area contributed by atoms with Gasteiger partial charge in [0.1, 0.15) is 12.2 Å². The van der Waals surface area contributed by atoms with Crippen molar-refractivity contribution in [1.82, 2.24) is 30.7 Å². The van der Waals surface area contributed by atoms with Gasteiger partial charge < -0.3 is 20.5 Å². The summed E-state index contributed by atoms with van der Waals surface area (Å²) in [6.45, 7) is 6.60. The predicted molar refractivity (Wildman–Crippen MR) is 102 cm³/mol. The van der Waals surface area contributed by atoms with Gasteiger partial charge in [0.15, 0.2) is 5.96 Å². The second kappa shape index (κ2) is 10.2. The van der Waals surface area contributed by atoms with E-state index < -0.39 is 0 Å². The molecule has 0 radical (unpaired) electrons. The second-order valence-corrected chi connectivity index (χ2v) is 5.85. The van der Waals surface area contributed by atoms with Crippen LogP contribution < -0.4 is 16.0 Å². The van der Waals surface area contributed by atoms with E-state index >= 15 is 0 Å². The summed E-state index contributed by atoms with van der Waals surface area (Å²) in [7, 11) is 1.72. The number of amides is 1. The molecular formula is C18H27N7O. The first-order chi connectivity index (χ1) is 12.6. The topological polar surface area (TPSA) is 96.2 Å². The molecule has 0 bridgehead atoms. The van der Waals surface area contributed by atoms with Gasteiger partial charge in [-0.2, -0.15) is 0 Å². The summed E-state index contributed by atoms with van der Waals surface area (Å²) in [5.74, 6) is 1.59. The molecule has 0 saturated carbocycles. The zero-order valence-corrected chi connectivity index (χ0v) is 15.6. The summed E-state index contributed by atoms with van der Waals surface area (Å²) >= 11 is 0. The van der Waals surface area contributed by atoms with Crippen molar-refractivity contribution in [1.29, 1.82) is 0 Å². The molecule has 26 heavy (non-hydrogen) atoms. The highest BCUT2D eigenvalue weighted by Crippen LogP contribution is 2.03. The number of guanidine groups is 1. The van der Waals surface area contributed by atoms with E-state index in [-0.39, 0.29) is 5.91 Å². The largest absolute Gasteiger partial charge is 0.355 e. The van der Waals surface area contributed by atoms with Crippen LogP contribution >= 0.6 is 0 Å². The van der Waals surface area contributed by atoms with Crippen molar-refractivity contribution < 1.29 is 4.79 Å². The number of aryl methyl sites for hydroxylation is 2. The van der Waals surface area contributed by atoms with Gasteiger partial charge in [0.05, 0.1) is 0 Å². The van der Waals surface area contributed by atoms with E-state index in [4.69, 9.17) is 0 Å². The Morgan fingerprint density at radius 1 is 1.19 bits per heavy atom. The van der Waals surface area contributed by atoms with Crippen LogP contribution in [0.5, 0.6) is 0 Å². The van der Waals surface area contributed by atoms with E-state index in [1.165, 1.54) is 0 Å². The van der Waals surface area contributed by atoms with Gasteiger partial charge in [0.2, 0.25) is 0 Å². The van der Waals surface area contributed by atoms with E-state index in [0.29, 0.717) is 31.2 Å². The average molecular weight is 357 g/mol. The molecular weight excluding hydrogens is 330 g/mol. The normalized spacial score (nSPS) is 11.3. The molecule has 8 nitrogen and oxygen atoms in total. The summed E-state index contributed by atoms with van der Waals surface area (Å²) in [6, 6.07) is 7.54. The number of rotatable bonds is 8. The molecule has 140 valence electrons. The Hall–Kier alpha value is -2.90. The van der Waals surface area contributed by atoms with E-state index in [1.807, 2.05) is 35.8 Å². The summed E-state index contributed by atoms with van der Waals surface area (Å²) in [5.41, 5.74) is 1.74. The maximum Gasteiger partial charge on any atom is 0.251 e. The van der Waals surface area contributed by atoms with Gasteiger partial charge in [-0.1, -0.05) is 24.6 Å². The van der Waals surface area contributed by atoms with E-state index in [0.717, 1.165) is 24.4 Å². The minimum absolute atomic E-state index is 0.0712. The van der Waals surface area contributed by atoms with Crippen molar-refractivity contribution in [3.8, 4) is 0 Å². The first-order valence-corrected chi connectivity index (χ1v) is 8.80. The lowest BCUT2D eigenvalue weighted by atomic mass is 10.1. The van der Waals surface area contributed by atoms with Crippen LogP contribution in [0.4, 0.5) is 0 Å². The van der Waals surface area contributed by atoms with Crippen molar-refractivity contribution in [2.45, 2.75) is 26.8 Å². The molecule has 2 aromatic rings. The molecule has 0 unspecified atom stereocenters. The Morgan fingerprint density at radius 3 is 2.69 bits per heavy atom. The molecule has 1 heterocycles. The van der Waals surface area contributed by atoms with Crippen molar-refractivity contribution in [2.24, 2.45) is 4.99 Å². The quantitative estimate of drug-likeness (QED) is 0.368. The zero-order valence-electron chi connectivity index (χ0n) is 15.6. The number of hydrogen-bond donors (Lipinski definition) is 3. The maximum atomic E-state index is 12.1. The molecule has 3 N–H and O–H groups in total. The van der Waals surface area contributed by atoms with Gasteiger partial charge in [-0.05, 0) is 19.1 Å². The van der Waals surface area contributed by atoms with Crippen molar-refractivity contribution in [3.05, 3.63) is 47.5 Å². The van der Waals surface area contributed by atoms with Crippen molar-refractivity contribution in [2.75, 3.05) is 26.7 Å². The Labute approximate surface area is 154 Å². The summed E-state index contributed by atoms with van der Waals surface area (Å²) < 4.78 is 2.02. The molecule has 0 aliphatic carbocycles. The standard InChI is InChI=1S/C18H27N7O/c1-4-16-24-23-13-25(16)11-10-22-18(19-3)21-9-8-20-17(26)15-7-5-6-14(2)12-15/h5-7,12-13H,4,8-11H2,1-3H3,(H,20,26)(H2,19,21,22). The number of carbonyl (C=O) groups excluding carboxylic acids is 1. The van der Waals surface area contributed by atoms with Crippen LogP contribution in [-0.4, -0.2) is 53.3 Å². The number of aliphatic imine (C=N–C) groups is 1. The molecule has 0 saturated heterocycles. The Kier molecular flexibility index (Phi) is 7.60. The van der Waals surface area contributed by atoms with Crippen molar-refractivity contribution in [3.63, 3.8) is 0 Å². The van der Waals surface area contributed by atoms with Gasteiger partial charge in [0, 0.05) is 45.2 Å². The third kappa shape index (κ3) is 5.87.